The van der Waals surface area contributed by atoms with Crippen LogP contribution in [-0.2, 0) is 0 Å². The summed E-state index contributed by atoms with van der Waals surface area (Å²) in [5.74, 6) is 0.757. The van der Waals surface area contributed by atoms with Gasteiger partial charge in [0.25, 0.3) is 0 Å². The highest BCUT2D eigenvalue weighted by Crippen LogP contribution is 2.27. The van der Waals surface area contributed by atoms with E-state index >= 15 is 0 Å². The summed E-state index contributed by atoms with van der Waals surface area (Å²) in [7, 11) is 0. The third-order valence-electron chi connectivity index (χ3n) is 1.65. The second-order valence-corrected chi connectivity index (χ2v) is 3.87. The Morgan fingerprint density at radius 3 is 2.44 bits per heavy atom. The molecule has 0 spiro atoms. The van der Waals surface area contributed by atoms with Crippen LogP contribution in [0, 0.1) is 5.92 Å². The van der Waals surface area contributed by atoms with Crippen molar-refractivity contribution in [2.75, 3.05) is 0 Å². The van der Waals surface area contributed by atoms with Gasteiger partial charge in [0.05, 0.1) is 11.6 Å². The molecule has 9 heavy (non-hydrogen) atoms. The van der Waals surface area contributed by atoms with Crippen LogP contribution < -0.4 is 0 Å². The van der Waals surface area contributed by atoms with Gasteiger partial charge in [0.2, 0.25) is 0 Å². The van der Waals surface area contributed by atoms with Crippen LogP contribution in [0.3, 0.4) is 0 Å². The van der Waals surface area contributed by atoms with E-state index in [2.05, 4.69) is 25.8 Å². The molecular weight excluding hydrogens is 130 g/mol. The Bertz CT molecular complexity index is 120. The van der Waals surface area contributed by atoms with E-state index in [9.17, 15) is 0 Å². The maximum Gasteiger partial charge on any atom is 0.0602 e. The molecule has 52 valence electrons. The van der Waals surface area contributed by atoms with Crippen LogP contribution >= 0.6 is 11.8 Å². The monoisotopic (exact) mass is 143 g/mol. The summed E-state index contributed by atoms with van der Waals surface area (Å²) in [6.45, 7) is 6.69. The quantitative estimate of drug-likeness (QED) is 0.548. The van der Waals surface area contributed by atoms with E-state index in [-0.39, 0.29) is 0 Å². The van der Waals surface area contributed by atoms with Crippen molar-refractivity contribution in [1.29, 1.82) is 0 Å². The lowest BCUT2D eigenvalue weighted by atomic mass is 10.1. The molecule has 0 fully saturated rings. The Morgan fingerprint density at radius 1 is 1.56 bits per heavy atom. The largest absolute Gasteiger partial charge is 0.282 e. The molecular formula is C7H13NS. The summed E-state index contributed by atoms with van der Waals surface area (Å²) in [5.41, 5.74) is 1.98. The maximum atomic E-state index is 4.28. The molecule has 1 aliphatic rings. The molecule has 0 bridgehead atoms. The van der Waals surface area contributed by atoms with Crippen molar-refractivity contribution in [3.05, 3.63) is 0 Å². The summed E-state index contributed by atoms with van der Waals surface area (Å²) >= 11 is 1.87. The SMILES string of the molecule is CC(C)C1SC=NC1C. The first-order chi connectivity index (χ1) is 4.22. The molecule has 1 nitrogen and oxygen atoms in total. The fourth-order valence-electron chi connectivity index (χ4n) is 1.11. The van der Waals surface area contributed by atoms with E-state index < -0.39 is 0 Å². The Kier molecular flexibility index (Phi) is 2.17. The summed E-state index contributed by atoms with van der Waals surface area (Å²) in [4.78, 5) is 4.28. The molecule has 0 N–H and O–H groups in total. The molecule has 1 rings (SSSR count). The molecule has 2 unspecified atom stereocenters. The number of nitrogens with zero attached hydrogens (tertiary/aromatic N) is 1. The van der Waals surface area contributed by atoms with Gasteiger partial charge in [-0.15, -0.1) is 11.8 Å². The standard InChI is InChI=1S/C7H13NS/c1-5(2)7-6(3)8-4-9-7/h4-7H,1-3H3. The van der Waals surface area contributed by atoms with Gasteiger partial charge < -0.3 is 0 Å². The number of hydrogen-bond donors (Lipinski definition) is 0. The van der Waals surface area contributed by atoms with Gasteiger partial charge in [0.15, 0.2) is 0 Å². The predicted octanol–water partition coefficient (Wildman–Crippen LogP) is 2.17. The first-order valence-corrected chi connectivity index (χ1v) is 4.33. The van der Waals surface area contributed by atoms with Gasteiger partial charge in [0, 0.05) is 5.25 Å². The van der Waals surface area contributed by atoms with Crippen LogP contribution in [0.2, 0.25) is 0 Å². The molecule has 2 atom stereocenters. The third kappa shape index (κ3) is 1.48. The average Bonchev–Trinajstić information content (AvgIpc) is 2.13. The zero-order chi connectivity index (χ0) is 6.85. The van der Waals surface area contributed by atoms with Crippen LogP contribution in [-0.4, -0.2) is 16.8 Å². The van der Waals surface area contributed by atoms with Gasteiger partial charge in [-0.3, -0.25) is 4.99 Å². The highest BCUT2D eigenvalue weighted by Gasteiger charge is 2.23. The van der Waals surface area contributed by atoms with Gasteiger partial charge in [-0.1, -0.05) is 13.8 Å². The molecule has 0 saturated carbocycles. The van der Waals surface area contributed by atoms with E-state index in [1.807, 2.05) is 17.3 Å². The molecule has 2 heteroatoms. The lowest BCUT2D eigenvalue weighted by molar-refractivity contribution is 0.548. The zero-order valence-electron chi connectivity index (χ0n) is 6.16. The van der Waals surface area contributed by atoms with Gasteiger partial charge in [-0.25, -0.2) is 0 Å². The minimum Gasteiger partial charge on any atom is -0.282 e. The Hall–Kier alpha value is 0.0200. The van der Waals surface area contributed by atoms with E-state index in [4.69, 9.17) is 0 Å². The zero-order valence-corrected chi connectivity index (χ0v) is 6.98. The number of thioether (sulfide) groups is 1. The molecule has 0 radical (unpaired) electrons. The van der Waals surface area contributed by atoms with Gasteiger partial charge >= 0.3 is 0 Å². The highest BCUT2D eigenvalue weighted by atomic mass is 32.2. The van der Waals surface area contributed by atoms with E-state index in [1.54, 1.807) is 0 Å². The van der Waals surface area contributed by atoms with E-state index in [0.29, 0.717) is 6.04 Å². The van der Waals surface area contributed by atoms with Crippen LogP contribution in [0.1, 0.15) is 20.8 Å². The summed E-state index contributed by atoms with van der Waals surface area (Å²) in [6, 6.07) is 0.537. The van der Waals surface area contributed by atoms with Crippen LogP contribution in [0.25, 0.3) is 0 Å². The lowest BCUT2D eigenvalue weighted by Crippen LogP contribution is -2.19. The molecule has 0 aromatic rings. The number of aliphatic imine (C=N–C) groups is 1. The first-order valence-electron chi connectivity index (χ1n) is 3.39. The van der Waals surface area contributed by atoms with E-state index in [1.165, 1.54) is 0 Å². The van der Waals surface area contributed by atoms with Gasteiger partial charge in [-0.2, -0.15) is 0 Å². The van der Waals surface area contributed by atoms with Crippen LogP contribution in [0.15, 0.2) is 4.99 Å². The molecule has 0 aromatic carbocycles. The van der Waals surface area contributed by atoms with Crippen molar-refractivity contribution in [3.8, 4) is 0 Å². The Labute approximate surface area is 60.9 Å². The van der Waals surface area contributed by atoms with Crippen molar-refractivity contribution >= 4 is 17.3 Å². The second kappa shape index (κ2) is 2.74. The summed E-state index contributed by atoms with van der Waals surface area (Å²) < 4.78 is 0. The average molecular weight is 143 g/mol. The molecule has 0 saturated heterocycles. The molecule has 0 aliphatic carbocycles. The highest BCUT2D eigenvalue weighted by molar-refractivity contribution is 8.12. The van der Waals surface area contributed by atoms with Crippen molar-refractivity contribution in [2.45, 2.75) is 32.1 Å². The smallest absolute Gasteiger partial charge is 0.0602 e. The molecule has 1 heterocycles. The second-order valence-electron chi connectivity index (χ2n) is 2.84. The lowest BCUT2D eigenvalue weighted by Gasteiger charge is -2.16. The minimum atomic E-state index is 0.537. The third-order valence-corrected chi connectivity index (χ3v) is 3.14. The minimum absolute atomic E-state index is 0.537. The number of rotatable bonds is 1. The van der Waals surface area contributed by atoms with Crippen molar-refractivity contribution in [3.63, 3.8) is 0 Å². The van der Waals surface area contributed by atoms with Crippen molar-refractivity contribution in [2.24, 2.45) is 10.9 Å². The molecule has 1 aliphatic heterocycles. The predicted molar refractivity (Wildman–Crippen MR) is 44.2 cm³/mol. The topological polar surface area (TPSA) is 12.4 Å². The van der Waals surface area contributed by atoms with Crippen LogP contribution in [0.4, 0.5) is 0 Å². The Balaban J connectivity index is 2.45. The fourth-order valence-corrected chi connectivity index (χ4v) is 2.13. The summed E-state index contributed by atoms with van der Waals surface area (Å²) in [5, 5.41) is 0.727. The first kappa shape index (κ1) is 7.13. The van der Waals surface area contributed by atoms with Gasteiger partial charge in [-0.05, 0) is 12.8 Å². The van der Waals surface area contributed by atoms with Crippen molar-refractivity contribution < 1.29 is 0 Å². The van der Waals surface area contributed by atoms with Crippen molar-refractivity contribution in [1.82, 2.24) is 0 Å². The normalized spacial score (nSPS) is 34.2. The number of hydrogen-bond acceptors (Lipinski definition) is 2. The van der Waals surface area contributed by atoms with E-state index in [0.717, 1.165) is 11.2 Å². The van der Waals surface area contributed by atoms with Gasteiger partial charge in [0.1, 0.15) is 0 Å². The Morgan fingerprint density at radius 2 is 2.22 bits per heavy atom. The maximum absolute atomic E-state index is 4.28. The molecule has 0 amide bonds. The molecule has 0 aromatic heterocycles. The van der Waals surface area contributed by atoms with Crippen LogP contribution in [0.5, 0.6) is 0 Å². The summed E-state index contributed by atoms with van der Waals surface area (Å²) in [6.07, 6.45) is 0. The fraction of sp³-hybridized carbons (Fsp3) is 0.857.